The Morgan fingerprint density at radius 2 is 1.71 bits per heavy atom. The van der Waals surface area contributed by atoms with Crippen LogP contribution >= 0.6 is 0 Å². The van der Waals surface area contributed by atoms with E-state index >= 15 is 0 Å². The van der Waals surface area contributed by atoms with Crippen molar-refractivity contribution in [3.63, 3.8) is 0 Å². The van der Waals surface area contributed by atoms with Crippen LogP contribution in [0.1, 0.15) is 41.6 Å². The zero-order chi connectivity index (χ0) is 24.4. The number of ether oxygens (including phenoxy) is 1. The number of hydrogen-bond acceptors (Lipinski definition) is 3. The Morgan fingerprint density at radius 3 is 2.46 bits per heavy atom. The second-order valence-electron chi connectivity index (χ2n) is 10.2. The lowest BCUT2D eigenvalue weighted by atomic mass is 9.87. The summed E-state index contributed by atoms with van der Waals surface area (Å²) in [5.74, 6) is 1.13. The number of amides is 1. The lowest BCUT2D eigenvalue weighted by Crippen LogP contribution is -2.40. The molecule has 0 saturated carbocycles. The number of carbonyl (C=O) groups excluding carboxylic acids is 1. The number of hydrogen-bond donors (Lipinski definition) is 0. The molecule has 184 valence electrons. The minimum atomic E-state index is -0.173. The molecule has 3 unspecified atom stereocenters. The van der Waals surface area contributed by atoms with Crippen LogP contribution in [-0.2, 0) is 4.74 Å². The summed E-state index contributed by atoms with van der Waals surface area (Å²) in [6.45, 7) is 6.66. The highest BCUT2D eigenvalue weighted by molar-refractivity contribution is 6.07. The number of carbonyl (C=O) groups is 1. The predicted molar refractivity (Wildman–Crippen MR) is 138 cm³/mol. The monoisotopic (exact) mass is 474 g/mol. The molecule has 2 aliphatic rings. The summed E-state index contributed by atoms with van der Waals surface area (Å²) in [6, 6.07) is 21.1. The van der Waals surface area contributed by atoms with Gasteiger partial charge >= 0.3 is 0 Å². The standard InChI is InChI=1S/C30H35FN2O2/c1-21(35-2)29-20-33(30(34)28-9-5-7-24-6-3-4-8-27(24)28)19-25(29)18-32-16-14-23(15-17-32)22-10-12-26(31)13-11-22/h3-13,21,23,25,29H,14-20H2,1-2H3. The van der Waals surface area contributed by atoms with Gasteiger partial charge in [-0.15, -0.1) is 0 Å². The minimum Gasteiger partial charge on any atom is -0.381 e. The smallest absolute Gasteiger partial charge is 0.254 e. The third-order valence-electron chi connectivity index (χ3n) is 8.20. The molecule has 5 rings (SSSR count). The molecule has 2 saturated heterocycles. The van der Waals surface area contributed by atoms with Gasteiger partial charge < -0.3 is 14.5 Å². The van der Waals surface area contributed by atoms with Crippen molar-refractivity contribution in [1.82, 2.24) is 9.80 Å². The van der Waals surface area contributed by atoms with Crippen LogP contribution in [0.2, 0.25) is 0 Å². The number of halogens is 1. The van der Waals surface area contributed by atoms with Crippen molar-refractivity contribution in [1.29, 1.82) is 0 Å². The molecule has 0 bridgehead atoms. The van der Waals surface area contributed by atoms with Gasteiger partial charge in [-0.25, -0.2) is 4.39 Å². The molecule has 0 aromatic heterocycles. The molecule has 2 fully saturated rings. The number of nitrogens with zero attached hydrogens (tertiary/aromatic N) is 2. The Morgan fingerprint density at radius 1 is 1.00 bits per heavy atom. The average molecular weight is 475 g/mol. The summed E-state index contributed by atoms with van der Waals surface area (Å²) < 4.78 is 19.1. The Labute approximate surface area is 207 Å². The van der Waals surface area contributed by atoms with Crippen molar-refractivity contribution >= 4 is 16.7 Å². The number of methoxy groups -OCH3 is 1. The van der Waals surface area contributed by atoms with Crippen molar-refractivity contribution in [3.8, 4) is 0 Å². The number of piperidine rings is 1. The van der Waals surface area contributed by atoms with Gasteiger partial charge in [0.25, 0.3) is 5.91 Å². The molecule has 3 aromatic carbocycles. The second kappa shape index (κ2) is 10.5. The Hall–Kier alpha value is -2.76. The average Bonchev–Trinajstić information content (AvgIpc) is 3.32. The topological polar surface area (TPSA) is 32.8 Å². The van der Waals surface area contributed by atoms with Crippen molar-refractivity contribution in [3.05, 3.63) is 83.7 Å². The quantitative estimate of drug-likeness (QED) is 0.467. The molecule has 2 aliphatic heterocycles. The summed E-state index contributed by atoms with van der Waals surface area (Å²) >= 11 is 0. The van der Waals surface area contributed by atoms with Crippen molar-refractivity contribution in [2.45, 2.75) is 31.8 Å². The summed E-state index contributed by atoms with van der Waals surface area (Å²) in [5, 5.41) is 2.11. The minimum absolute atomic E-state index is 0.0991. The van der Waals surface area contributed by atoms with Gasteiger partial charge in [0.2, 0.25) is 0 Å². The van der Waals surface area contributed by atoms with Gasteiger partial charge in [0.1, 0.15) is 5.82 Å². The molecule has 4 nitrogen and oxygen atoms in total. The van der Waals surface area contributed by atoms with E-state index in [1.807, 2.05) is 47.4 Å². The first-order chi connectivity index (χ1) is 17.0. The molecule has 0 spiro atoms. The van der Waals surface area contributed by atoms with Gasteiger partial charge in [0.05, 0.1) is 6.10 Å². The fourth-order valence-electron chi connectivity index (χ4n) is 6.06. The van der Waals surface area contributed by atoms with E-state index in [4.69, 9.17) is 4.74 Å². The first kappa shape index (κ1) is 24.0. The van der Waals surface area contributed by atoms with Gasteiger partial charge in [0, 0.05) is 38.2 Å². The van der Waals surface area contributed by atoms with Crippen molar-refractivity contribution < 1.29 is 13.9 Å². The molecule has 0 N–H and O–H groups in total. The van der Waals surface area contributed by atoms with E-state index in [0.717, 1.165) is 61.9 Å². The highest BCUT2D eigenvalue weighted by Crippen LogP contribution is 2.33. The molecular weight excluding hydrogens is 439 g/mol. The third-order valence-corrected chi connectivity index (χ3v) is 8.20. The highest BCUT2D eigenvalue weighted by atomic mass is 19.1. The molecule has 1 amide bonds. The predicted octanol–water partition coefficient (Wildman–Crippen LogP) is 5.58. The van der Waals surface area contributed by atoms with Crippen LogP contribution in [-0.4, -0.2) is 61.6 Å². The summed E-state index contributed by atoms with van der Waals surface area (Å²) in [6.07, 6.45) is 2.27. The van der Waals surface area contributed by atoms with E-state index in [1.165, 1.54) is 5.56 Å². The van der Waals surface area contributed by atoms with Crippen molar-refractivity contribution in [2.24, 2.45) is 11.8 Å². The molecule has 35 heavy (non-hydrogen) atoms. The normalized spacial score (nSPS) is 22.5. The van der Waals surface area contributed by atoms with E-state index in [1.54, 1.807) is 19.2 Å². The molecular formula is C30H35FN2O2. The zero-order valence-corrected chi connectivity index (χ0v) is 20.7. The van der Waals surface area contributed by atoms with Crippen LogP contribution in [0.15, 0.2) is 66.7 Å². The van der Waals surface area contributed by atoms with E-state index in [-0.39, 0.29) is 17.8 Å². The third kappa shape index (κ3) is 5.12. The largest absolute Gasteiger partial charge is 0.381 e. The molecule has 0 radical (unpaired) electrons. The number of benzene rings is 3. The van der Waals surface area contributed by atoms with Crippen LogP contribution in [0.4, 0.5) is 4.39 Å². The fourth-order valence-corrected chi connectivity index (χ4v) is 6.06. The SMILES string of the molecule is COC(C)C1CN(C(=O)c2cccc3ccccc23)CC1CN1CCC(c2ccc(F)cc2)CC1. The number of likely N-dealkylation sites (tertiary alicyclic amines) is 2. The molecule has 2 heterocycles. The second-order valence-corrected chi connectivity index (χ2v) is 10.2. The van der Waals surface area contributed by atoms with Crippen LogP contribution in [0.5, 0.6) is 0 Å². The van der Waals surface area contributed by atoms with Crippen molar-refractivity contribution in [2.75, 3.05) is 39.8 Å². The molecule has 5 heteroatoms. The fraction of sp³-hybridized carbons (Fsp3) is 0.433. The maximum atomic E-state index is 13.6. The summed E-state index contributed by atoms with van der Waals surface area (Å²) in [5.41, 5.74) is 2.03. The maximum absolute atomic E-state index is 13.6. The zero-order valence-electron chi connectivity index (χ0n) is 20.7. The number of rotatable bonds is 6. The van der Waals surface area contributed by atoms with Gasteiger partial charge in [-0.3, -0.25) is 4.79 Å². The van der Waals surface area contributed by atoms with E-state index in [2.05, 4.69) is 24.0 Å². The Kier molecular flexibility index (Phi) is 7.17. The lowest BCUT2D eigenvalue weighted by molar-refractivity contribution is 0.0445. The van der Waals surface area contributed by atoms with Gasteiger partial charge in [-0.1, -0.05) is 48.5 Å². The first-order valence-electron chi connectivity index (χ1n) is 12.8. The highest BCUT2D eigenvalue weighted by Gasteiger charge is 2.40. The van der Waals surface area contributed by atoms with Crippen LogP contribution in [0.25, 0.3) is 10.8 Å². The molecule has 3 atom stereocenters. The van der Waals surface area contributed by atoms with Gasteiger partial charge in [-0.2, -0.15) is 0 Å². The summed E-state index contributed by atoms with van der Waals surface area (Å²) in [4.78, 5) is 18.2. The summed E-state index contributed by atoms with van der Waals surface area (Å²) in [7, 11) is 1.77. The Balaban J connectivity index is 1.26. The van der Waals surface area contributed by atoms with Gasteiger partial charge in [-0.05, 0) is 79.2 Å². The van der Waals surface area contributed by atoms with Crippen LogP contribution in [0, 0.1) is 17.7 Å². The molecule has 3 aromatic rings. The van der Waals surface area contributed by atoms with E-state index in [0.29, 0.717) is 17.8 Å². The lowest BCUT2D eigenvalue weighted by Gasteiger charge is -2.35. The Bertz CT molecular complexity index is 1150. The maximum Gasteiger partial charge on any atom is 0.254 e. The van der Waals surface area contributed by atoms with Crippen LogP contribution in [0.3, 0.4) is 0 Å². The van der Waals surface area contributed by atoms with E-state index in [9.17, 15) is 9.18 Å². The van der Waals surface area contributed by atoms with Gasteiger partial charge in [0.15, 0.2) is 0 Å². The first-order valence-corrected chi connectivity index (χ1v) is 12.8. The number of fused-ring (bicyclic) bond motifs is 1. The molecule has 0 aliphatic carbocycles. The van der Waals surface area contributed by atoms with E-state index < -0.39 is 0 Å². The van der Waals surface area contributed by atoms with Crippen LogP contribution < -0.4 is 0 Å².